The topological polar surface area (TPSA) is 196 Å². The molecule has 616 valence electrons. The smallest absolute Gasteiger partial charge is 0.262 e. The number of furan rings is 2. The van der Waals surface area contributed by atoms with Gasteiger partial charge in [0.2, 0.25) is 11.8 Å². The van der Waals surface area contributed by atoms with Gasteiger partial charge in [0.1, 0.15) is 69.2 Å². The lowest BCUT2D eigenvalue weighted by molar-refractivity contribution is -0.121. The van der Waals surface area contributed by atoms with Crippen LogP contribution in [0.15, 0.2) is 215 Å². The van der Waals surface area contributed by atoms with Crippen LogP contribution in [0.2, 0.25) is 0 Å². The number of amides is 6. The number of imide groups is 2. The van der Waals surface area contributed by atoms with Crippen LogP contribution in [0, 0.1) is 11.8 Å². The third-order valence-electron chi connectivity index (χ3n) is 25.9. The third kappa shape index (κ3) is 14.1. The molecule has 2 saturated carbocycles. The Morgan fingerprint density at radius 2 is 0.607 bits per heavy atom. The van der Waals surface area contributed by atoms with Crippen molar-refractivity contribution in [2.75, 3.05) is 10.6 Å². The molecule has 2 N–H and O–H groups in total. The van der Waals surface area contributed by atoms with Gasteiger partial charge in [-0.1, -0.05) is 256 Å². The van der Waals surface area contributed by atoms with Crippen molar-refractivity contribution in [1.29, 1.82) is 0 Å². The molecular weight excluding hydrogens is 1520 g/mol. The summed E-state index contributed by atoms with van der Waals surface area (Å²) in [6.07, 6.45) is 9.18. The van der Waals surface area contributed by atoms with Gasteiger partial charge in [0, 0.05) is 64.6 Å². The van der Waals surface area contributed by atoms with Crippen molar-refractivity contribution in [3.63, 3.8) is 0 Å². The van der Waals surface area contributed by atoms with Crippen LogP contribution in [-0.4, -0.2) is 57.3 Å². The first-order chi connectivity index (χ1) is 58.5. The lowest BCUT2D eigenvalue weighted by atomic mass is 9.79. The van der Waals surface area contributed by atoms with Crippen LogP contribution < -0.4 is 29.6 Å². The van der Waals surface area contributed by atoms with Crippen molar-refractivity contribution in [2.45, 2.75) is 194 Å². The maximum atomic E-state index is 17.1. The molecule has 4 aliphatic rings. The van der Waals surface area contributed by atoms with Crippen molar-refractivity contribution < 1.29 is 56.5 Å². The second kappa shape index (κ2) is 30.1. The summed E-state index contributed by atoms with van der Waals surface area (Å²) in [6, 6.07) is 61.7. The summed E-state index contributed by atoms with van der Waals surface area (Å²) < 4.78 is 43.2. The molecule has 2 aromatic heterocycles. The highest BCUT2D eigenvalue weighted by Crippen LogP contribution is 2.59. The highest BCUT2D eigenvalue weighted by molar-refractivity contribution is 6.45. The molecule has 16 heteroatoms. The largest absolute Gasteiger partial charge is 0.457 e. The zero-order valence-electron chi connectivity index (χ0n) is 71.2. The summed E-state index contributed by atoms with van der Waals surface area (Å²) in [6.45, 7) is 25.6. The van der Waals surface area contributed by atoms with Gasteiger partial charge in [0.25, 0.3) is 23.6 Å². The molecule has 19 rings (SSSR count). The molecule has 0 radical (unpaired) electrons. The fourth-order valence-electron chi connectivity index (χ4n) is 19.3. The Hall–Kier alpha value is -12.8. The van der Waals surface area contributed by atoms with Gasteiger partial charge in [-0.25, -0.2) is 0 Å². The first kappa shape index (κ1) is 79.0. The molecule has 2 aliphatic carbocycles. The number of ether oxygens (including phenoxy) is 4. The van der Waals surface area contributed by atoms with E-state index in [0.717, 1.165) is 118 Å². The standard InChI is InChI=1S/C106H100N4O12/c1-103(2,3)61-37-45-65(46-38-61)117-83-55-73-87-74(100(114)109(99(73)113)79(53-59-25-15-13-16-26-59)97(111)107-77-33-23-31-71-69-29-19-21-35-81(69)121-95(71)77)57-85(119-67-49-41-63(42-50-67)105(7,8)9)91-92-86(120-68-51-43-64(44-52-68)106(10,11)12)58-76-88-75(56-84(90(94(88)92)89(83)93(87)91)118-66-47-39-62(40-48-66)104(4,5)6)101(115)110(102(76)116)80(54-60-27-17-14-18-28-60)98(112)108-78-34-24-32-72-70-30-20-22-36-82(70)122-96(72)78/h19-24,29-52,55-60,79-80H,13-18,25-28,53-54H2,1-12H3,(H,107,111)(H,108,112). The molecule has 2 aliphatic heterocycles. The van der Waals surface area contributed by atoms with Crippen molar-refractivity contribution in [3.05, 3.63) is 251 Å². The maximum absolute atomic E-state index is 17.1. The van der Waals surface area contributed by atoms with Crippen molar-refractivity contribution in [2.24, 2.45) is 11.8 Å². The van der Waals surface area contributed by atoms with Crippen LogP contribution >= 0.6 is 0 Å². The number of carbonyl (C=O) groups excluding carboxylic acids is 6. The number of anilines is 2. The van der Waals surface area contributed by atoms with Gasteiger partial charge in [-0.2, -0.15) is 0 Å². The average molecular weight is 1620 g/mol. The highest BCUT2D eigenvalue weighted by Gasteiger charge is 2.48. The Labute approximate surface area is 709 Å². The Bertz CT molecular complexity index is 6120. The lowest BCUT2D eigenvalue weighted by Crippen LogP contribution is -2.53. The maximum Gasteiger partial charge on any atom is 0.262 e. The fraction of sp³-hybridized carbons (Fsp3) is 0.302. The number of para-hydroxylation sites is 4. The summed E-state index contributed by atoms with van der Waals surface area (Å²) in [4.78, 5) is 103. The molecule has 13 aromatic carbocycles. The van der Waals surface area contributed by atoms with Gasteiger partial charge in [0.15, 0.2) is 11.2 Å². The van der Waals surface area contributed by atoms with Gasteiger partial charge in [-0.3, -0.25) is 38.6 Å². The summed E-state index contributed by atoms with van der Waals surface area (Å²) in [5.74, 6) is -2.14. The zero-order valence-corrected chi connectivity index (χ0v) is 71.2. The minimum atomic E-state index is -1.36. The number of nitrogens with zero attached hydrogens (tertiary/aromatic N) is 2. The summed E-state index contributed by atoms with van der Waals surface area (Å²) >= 11 is 0. The number of benzene rings is 13. The molecular formula is C106H100N4O12. The molecule has 2 fully saturated rings. The van der Waals surface area contributed by atoms with Crippen molar-refractivity contribution in [1.82, 2.24) is 9.80 Å². The summed E-state index contributed by atoms with van der Waals surface area (Å²) in [5, 5.41) is 12.1. The van der Waals surface area contributed by atoms with Crippen LogP contribution in [-0.2, 0) is 31.2 Å². The molecule has 122 heavy (non-hydrogen) atoms. The Kier molecular flexibility index (Phi) is 19.5. The second-order valence-electron chi connectivity index (χ2n) is 38.2. The number of hydrogen-bond acceptors (Lipinski definition) is 12. The monoisotopic (exact) mass is 1620 g/mol. The van der Waals surface area contributed by atoms with E-state index in [0.29, 0.717) is 89.0 Å². The zero-order chi connectivity index (χ0) is 84.7. The predicted molar refractivity (Wildman–Crippen MR) is 484 cm³/mol. The number of carbonyl (C=O) groups is 6. The van der Waals surface area contributed by atoms with E-state index in [9.17, 15) is 0 Å². The number of fused-ring (bicyclic) bond motifs is 8. The van der Waals surface area contributed by atoms with E-state index in [-0.39, 0.29) is 102 Å². The number of hydrogen-bond donors (Lipinski definition) is 2. The van der Waals surface area contributed by atoms with Crippen molar-refractivity contribution >= 4 is 134 Å². The predicted octanol–water partition coefficient (Wildman–Crippen LogP) is 27.0. The van der Waals surface area contributed by atoms with Gasteiger partial charge >= 0.3 is 0 Å². The molecule has 16 nitrogen and oxygen atoms in total. The molecule has 0 spiro atoms. The molecule has 15 aromatic rings. The van der Waals surface area contributed by atoms with E-state index in [1.54, 1.807) is 36.4 Å². The molecule has 6 amide bonds. The van der Waals surface area contributed by atoms with E-state index in [1.165, 1.54) is 0 Å². The quantitative estimate of drug-likeness (QED) is 0.0469. The van der Waals surface area contributed by atoms with Crippen LogP contribution in [0.25, 0.3) is 87.0 Å². The van der Waals surface area contributed by atoms with E-state index < -0.39 is 47.5 Å². The van der Waals surface area contributed by atoms with Gasteiger partial charge in [-0.15, -0.1) is 0 Å². The summed E-state index contributed by atoms with van der Waals surface area (Å²) in [7, 11) is 0. The molecule has 0 bridgehead atoms. The average Bonchev–Trinajstić information content (AvgIpc) is 1.23. The first-order valence-electron chi connectivity index (χ1n) is 43.2. The van der Waals surface area contributed by atoms with Crippen LogP contribution in [0.1, 0.15) is 224 Å². The highest BCUT2D eigenvalue weighted by atomic mass is 16.5. The third-order valence-corrected chi connectivity index (χ3v) is 25.9. The Morgan fingerprint density at radius 3 is 0.885 bits per heavy atom. The normalized spacial score (nSPS) is 15.7. The summed E-state index contributed by atoms with van der Waals surface area (Å²) in [5.41, 5.74) is 6.18. The SMILES string of the molecule is CC(C)(C)c1ccc(Oc2cc3c4c(cc(Oc5ccc(C(C)(C)C)cc5)c5c6c(Oc7ccc(C(C)(C)C)cc7)cc7c8c(cc(Oc9ccc(C(C)(C)C)cc9)c(c2c45)c86)C(=O)N(C(CC2CCCCC2)C(=O)Nc2cccc4c2oc2ccccc24)C7=O)C(=O)N(C(CC2CCCCC2)C(=O)Nc2cccc4c2oc2ccccc24)C3=O)cc1. The second-order valence-corrected chi connectivity index (χ2v) is 38.2. The number of nitrogens with one attached hydrogen (secondary N) is 2. The molecule has 2 atom stereocenters. The van der Waals surface area contributed by atoms with Gasteiger partial charge < -0.3 is 38.4 Å². The minimum Gasteiger partial charge on any atom is -0.457 e. The lowest BCUT2D eigenvalue weighted by Gasteiger charge is -2.37. The van der Waals surface area contributed by atoms with E-state index in [4.69, 9.17) is 27.8 Å². The van der Waals surface area contributed by atoms with Gasteiger partial charge in [-0.05, 0) is 166 Å². The molecule has 0 saturated heterocycles. The minimum absolute atomic E-state index is 0.0386. The first-order valence-corrected chi connectivity index (χ1v) is 43.2. The van der Waals surface area contributed by atoms with Crippen LogP contribution in [0.4, 0.5) is 11.4 Å². The van der Waals surface area contributed by atoms with Crippen molar-refractivity contribution in [3.8, 4) is 46.0 Å². The molecule has 4 heterocycles. The van der Waals surface area contributed by atoms with Gasteiger partial charge in [0.05, 0.1) is 33.6 Å². The number of rotatable bonds is 18. The van der Waals surface area contributed by atoms with E-state index >= 15 is 28.8 Å². The van der Waals surface area contributed by atoms with Crippen LogP contribution in [0.3, 0.4) is 0 Å². The van der Waals surface area contributed by atoms with E-state index in [2.05, 4.69) is 93.7 Å². The van der Waals surface area contributed by atoms with Crippen LogP contribution in [0.5, 0.6) is 46.0 Å². The molecule has 2 unspecified atom stereocenters. The van der Waals surface area contributed by atoms with E-state index in [1.807, 2.05) is 170 Å². The Morgan fingerprint density at radius 1 is 0.336 bits per heavy atom. The fourth-order valence-corrected chi connectivity index (χ4v) is 19.3. The Balaban J connectivity index is 0.910.